The van der Waals surface area contributed by atoms with Crippen LogP contribution in [0, 0.1) is 0 Å². The van der Waals surface area contributed by atoms with Gasteiger partial charge in [0, 0.05) is 43.9 Å². The number of nitrogens with zero attached hydrogens (tertiary/aromatic N) is 4. The first-order valence-corrected chi connectivity index (χ1v) is 18.8. The van der Waals surface area contributed by atoms with Gasteiger partial charge in [0.1, 0.15) is 11.2 Å². The highest BCUT2D eigenvalue weighted by Gasteiger charge is 2.21. The van der Waals surface area contributed by atoms with Crippen LogP contribution in [0.4, 0.5) is 0 Å². The highest BCUT2D eigenvalue weighted by atomic mass is 16.3. The zero-order chi connectivity index (χ0) is 37.0. The first kappa shape index (κ1) is 31.9. The van der Waals surface area contributed by atoms with Crippen LogP contribution in [0.5, 0.6) is 0 Å². The fraction of sp³-hybridized carbons (Fsp3) is 0. The molecule has 0 saturated carbocycles. The normalized spacial score (nSPS) is 11.6. The summed E-state index contributed by atoms with van der Waals surface area (Å²) in [7, 11) is 0. The second-order valence-electron chi connectivity index (χ2n) is 14.0. The Morgan fingerprint density at radius 1 is 0.339 bits per heavy atom. The summed E-state index contributed by atoms with van der Waals surface area (Å²) in [5.41, 5.74) is 12.2. The minimum absolute atomic E-state index is 0.607. The van der Waals surface area contributed by atoms with E-state index in [4.69, 9.17) is 19.4 Å². The van der Waals surface area contributed by atoms with Gasteiger partial charge in [-0.05, 0) is 70.8 Å². The monoisotopic (exact) mass is 716 g/mol. The third-order valence-corrected chi connectivity index (χ3v) is 10.6. The topological polar surface area (TPSA) is 56.7 Å². The summed E-state index contributed by atoms with van der Waals surface area (Å²) in [5, 5.41) is 4.42. The van der Waals surface area contributed by atoms with Crippen molar-refractivity contribution in [2.24, 2.45) is 0 Å². The van der Waals surface area contributed by atoms with Crippen LogP contribution < -0.4 is 0 Å². The van der Waals surface area contributed by atoms with Crippen LogP contribution in [0.3, 0.4) is 0 Å². The lowest BCUT2D eigenvalue weighted by Gasteiger charge is -2.13. The Kier molecular flexibility index (Phi) is 7.42. The molecule has 0 fully saturated rings. The molecule has 0 bridgehead atoms. The van der Waals surface area contributed by atoms with Crippen LogP contribution in [-0.2, 0) is 0 Å². The number of benzene rings is 8. The highest BCUT2D eigenvalue weighted by molar-refractivity contribution is 6.14. The average Bonchev–Trinajstić information content (AvgIpc) is 3.82. The molecule has 8 aromatic carbocycles. The summed E-state index contributed by atoms with van der Waals surface area (Å²) in [6.45, 7) is 0. The Morgan fingerprint density at radius 3 is 1.62 bits per heavy atom. The van der Waals surface area contributed by atoms with E-state index in [0.29, 0.717) is 17.5 Å². The summed E-state index contributed by atoms with van der Waals surface area (Å²) < 4.78 is 8.74. The molecule has 11 aromatic rings. The van der Waals surface area contributed by atoms with Gasteiger partial charge in [0.05, 0.1) is 11.0 Å². The lowest BCUT2D eigenvalue weighted by Crippen LogP contribution is -2.02. The third kappa shape index (κ3) is 5.37. The Morgan fingerprint density at radius 2 is 0.875 bits per heavy atom. The Bertz CT molecular complexity index is 3240. The van der Waals surface area contributed by atoms with Gasteiger partial charge in [0.2, 0.25) is 0 Å². The molecule has 5 heteroatoms. The van der Waals surface area contributed by atoms with Crippen molar-refractivity contribution in [3.05, 3.63) is 194 Å². The van der Waals surface area contributed by atoms with E-state index in [0.717, 1.165) is 82.8 Å². The van der Waals surface area contributed by atoms with Crippen molar-refractivity contribution < 1.29 is 4.42 Å². The second-order valence-corrected chi connectivity index (χ2v) is 14.0. The van der Waals surface area contributed by atoms with Crippen LogP contribution >= 0.6 is 0 Å². The van der Waals surface area contributed by atoms with Crippen LogP contribution in [0.15, 0.2) is 199 Å². The van der Waals surface area contributed by atoms with Crippen LogP contribution in [0.2, 0.25) is 0 Å². The number of rotatable bonds is 6. The number of hydrogen-bond donors (Lipinski definition) is 0. The summed E-state index contributed by atoms with van der Waals surface area (Å²) in [6.07, 6.45) is 0. The maximum absolute atomic E-state index is 6.39. The predicted octanol–water partition coefficient (Wildman–Crippen LogP) is 13.2. The highest BCUT2D eigenvalue weighted by Crippen LogP contribution is 2.40. The molecule has 0 aliphatic heterocycles. The van der Waals surface area contributed by atoms with E-state index in [1.165, 1.54) is 5.56 Å². The molecule has 0 aliphatic rings. The summed E-state index contributed by atoms with van der Waals surface area (Å²) in [5.74, 6) is 1.85. The van der Waals surface area contributed by atoms with Crippen molar-refractivity contribution in [3.8, 4) is 62.1 Å². The first-order chi connectivity index (χ1) is 27.7. The van der Waals surface area contributed by atoms with E-state index in [9.17, 15) is 0 Å². The molecular formula is C51H32N4O. The quantitative estimate of drug-likeness (QED) is 0.172. The molecule has 0 spiro atoms. The Labute approximate surface area is 322 Å². The minimum Gasteiger partial charge on any atom is -0.456 e. The van der Waals surface area contributed by atoms with Gasteiger partial charge < -0.3 is 8.98 Å². The largest absolute Gasteiger partial charge is 0.456 e. The molecule has 3 heterocycles. The molecular weight excluding hydrogens is 685 g/mol. The summed E-state index contributed by atoms with van der Waals surface area (Å²) >= 11 is 0. The molecule has 11 rings (SSSR count). The number of aromatic nitrogens is 4. The molecule has 0 amide bonds. The lowest BCUT2D eigenvalue weighted by atomic mass is 10.0. The van der Waals surface area contributed by atoms with E-state index >= 15 is 0 Å². The number of furan rings is 1. The van der Waals surface area contributed by atoms with E-state index in [-0.39, 0.29) is 0 Å². The predicted molar refractivity (Wildman–Crippen MR) is 229 cm³/mol. The van der Waals surface area contributed by atoms with Crippen molar-refractivity contribution in [1.82, 2.24) is 19.5 Å². The molecule has 0 unspecified atom stereocenters. The van der Waals surface area contributed by atoms with Gasteiger partial charge >= 0.3 is 0 Å². The van der Waals surface area contributed by atoms with E-state index in [1.807, 2.05) is 30.3 Å². The summed E-state index contributed by atoms with van der Waals surface area (Å²) in [6, 6.07) is 67.4. The second kappa shape index (κ2) is 13.0. The van der Waals surface area contributed by atoms with Gasteiger partial charge in [0.25, 0.3) is 0 Å². The average molecular weight is 717 g/mol. The van der Waals surface area contributed by atoms with Gasteiger partial charge in [-0.2, -0.15) is 0 Å². The summed E-state index contributed by atoms with van der Waals surface area (Å²) in [4.78, 5) is 15.5. The van der Waals surface area contributed by atoms with E-state index in [2.05, 4.69) is 168 Å². The molecule has 56 heavy (non-hydrogen) atoms. The van der Waals surface area contributed by atoms with Gasteiger partial charge in [0.15, 0.2) is 17.5 Å². The molecule has 262 valence electrons. The maximum Gasteiger partial charge on any atom is 0.166 e. The van der Waals surface area contributed by atoms with Crippen LogP contribution in [-0.4, -0.2) is 19.5 Å². The van der Waals surface area contributed by atoms with Crippen molar-refractivity contribution >= 4 is 43.7 Å². The number of hydrogen-bond acceptors (Lipinski definition) is 4. The molecule has 5 nitrogen and oxygen atoms in total. The zero-order valence-electron chi connectivity index (χ0n) is 30.2. The van der Waals surface area contributed by atoms with Crippen molar-refractivity contribution in [3.63, 3.8) is 0 Å². The molecule has 0 aliphatic carbocycles. The van der Waals surface area contributed by atoms with Crippen molar-refractivity contribution in [2.45, 2.75) is 0 Å². The molecule has 0 atom stereocenters. The number of para-hydroxylation sites is 2. The molecule has 0 saturated heterocycles. The Hall–Kier alpha value is -7.63. The fourth-order valence-electron chi connectivity index (χ4n) is 7.99. The fourth-order valence-corrected chi connectivity index (χ4v) is 7.99. The van der Waals surface area contributed by atoms with Gasteiger partial charge in [-0.1, -0.05) is 146 Å². The van der Waals surface area contributed by atoms with Crippen molar-refractivity contribution in [1.29, 1.82) is 0 Å². The maximum atomic E-state index is 6.39. The van der Waals surface area contributed by atoms with E-state index < -0.39 is 0 Å². The minimum atomic E-state index is 0.607. The smallest absolute Gasteiger partial charge is 0.166 e. The number of fused-ring (bicyclic) bond motifs is 6. The molecule has 3 aromatic heterocycles. The zero-order valence-corrected chi connectivity index (χ0v) is 30.2. The SMILES string of the molecule is c1ccc(-c2cccc(-c3nc(-c4ccccc4)nc(-c4cccc5c6ccccc6n(-c6ccc7oc8ccc(-c9ccccc9)cc8c7c6)c45)n3)c2)cc1. The molecule has 0 radical (unpaired) electrons. The van der Waals surface area contributed by atoms with Crippen LogP contribution in [0.1, 0.15) is 0 Å². The van der Waals surface area contributed by atoms with Crippen LogP contribution in [0.25, 0.3) is 106 Å². The Balaban J connectivity index is 1.15. The first-order valence-electron chi connectivity index (χ1n) is 18.8. The van der Waals surface area contributed by atoms with Gasteiger partial charge in [-0.25, -0.2) is 15.0 Å². The standard InChI is InChI=1S/C51H32N4O/c1-4-14-33(15-5-1)36-20-12-21-38(30-36)50-52-49(35-18-8-3-9-19-35)53-51(54-50)42-24-13-23-41-40-22-10-11-25-45(40)55(48(41)42)39-27-29-47-44(32-39)43-31-37(26-28-46(43)56-47)34-16-6-2-7-17-34/h1-32H. The third-order valence-electron chi connectivity index (χ3n) is 10.6. The lowest BCUT2D eigenvalue weighted by molar-refractivity contribution is 0.669. The van der Waals surface area contributed by atoms with E-state index in [1.54, 1.807) is 0 Å². The van der Waals surface area contributed by atoms with Crippen molar-refractivity contribution in [2.75, 3.05) is 0 Å². The van der Waals surface area contributed by atoms with Gasteiger partial charge in [-0.3, -0.25) is 0 Å². The molecule has 0 N–H and O–H groups in total. The van der Waals surface area contributed by atoms with Gasteiger partial charge in [-0.15, -0.1) is 0 Å².